The van der Waals surface area contributed by atoms with Crippen LogP contribution < -0.4 is 9.80 Å². The van der Waals surface area contributed by atoms with Crippen molar-refractivity contribution in [3.63, 3.8) is 0 Å². The molecule has 2 aromatic rings. The van der Waals surface area contributed by atoms with Crippen LogP contribution in [0.3, 0.4) is 0 Å². The fourth-order valence-corrected chi connectivity index (χ4v) is 5.75. The molecule has 3 heterocycles. The van der Waals surface area contributed by atoms with E-state index in [4.69, 9.17) is 4.74 Å². The minimum atomic E-state index is -4.34. The monoisotopic (exact) mass is 530 g/mol. The van der Waals surface area contributed by atoms with E-state index >= 15 is 0 Å². The van der Waals surface area contributed by atoms with Gasteiger partial charge in [0.2, 0.25) is 0 Å². The van der Waals surface area contributed by atoms with Gasteiger partial charge in [-0.25, -0.2) is 4.79 Å². The van der Waals surface area contributed by atoms with Crippen molar-refractivity contribution >= 4 is 17.5 Å². The van der Waals surface area contributed by atoms with Crippen molar-refractivity contribution in [2.45, 2.75) is 50.9 Å². The molecular formula is C29H37F3N4O2. The number of carbonyl (C=O) groups excluding carboxylic acids is 1. The molecule has 6 nitrogen and oxygen atoms in total. The number of ether oxygens (including phenoxy) is 1. The number of hydrogen-bond acceptors (Lipinski definition) is 5. The van der Waals surface area contributed by atoms with Crippen molar-refractivity contribution in [2.24, 2.45) is 0 Å². The second-order valence-electron chi connectivity index (χ2n) is 10.6. The zero-order valence-corrected chi connectivity index (χ0v) is 21.8. The van der Waals surface area contributed by atoms with Crippen LogP contribution in [0.5, 0.6) is 0 Å². The Kier molecular flexibility index (Phi) is 8.31. The number of anilines is 2. The number of nitrogens with zero attached hydrogens (tertiary/aromatic N) is 4. The Balaban J connectivity index is 1.08. The third-order valence-electron chi connectivity index (χ3n) is 8.04. The first-order valence-electron chi connectivity index (χ1n) is 13.8. The molecule has 0 aromatic heterocycles. The Labute approximate surface area is 222 Å². The molecule has 1 unspecified atom stereocenters. The van der Waals surface area contributed by atoms with Crippen LogP contribution in [0.25, 0.3) is 0 Å². The first-order valence-corrected chi connectivity index (χ1v) is 13.8. The standard InChI is InChI=1S/C29H37F3N4O2/c30-29(31,32)24-8-12-26(13-9-24)34-17-19-35(20-18-34)28(37)38-22-27-5-1-2-16-36(27)21-23-6-10-25(11-7-23)33-14-3-4-15-33/h6-13,27H,1-5,14-22H2. The highest BCUT2D eigenvalue weighted by molar-refractivity contribution is 5.68. The average molecular weight is 531 g/mol. The molecule has 9 heteroatoms. The molecule has 0 saturated carbocycles. The Morgan fingerprint density at radius 2 is 1.34 bits per heavy atom. The van der Waals surface area contributed by atoms with Gasteiger partial charge in [0.25, 0.3) is 0 Å². The second kappa shape index (κ2) is 11.8. The molecule has 0 bridgehead atoms. The Morgan fingerprint density at radius 1 is 0.763 bits per heavy atom. The topological polar surface area (TPSA) is 39.3 Å². The lowest BCUT2D eigenvalue weighted by molar-refractivity contribution is -0.137. The lowest BCUT2D eigenvalue weighted by Crippen LogP contribution is -2.50. The van der Waals surface area contributed by atoms with E-state index in [0.29, 0.717) is 32.8 Å². The van der Waals surface area contributed by atoms with Gasteiger partial charge >= 0.3 is 12.3 Å². The summed E-state index contributed by atoms with van der Waals surface area (Å²) in [5.41, 5.74) is 2.66. The average Bonchev–Trinajstić information content (AvgIpc) is 3.48. The Bertz CT molecular complexity index is 1050. The molecule has 3 aliphatic rings. The van der Waals surface area contributed by atoms with Crippen LogP contribution in [0.1, 0.15) is 43.2 Å². The number of alkyl halides is 3. The van der Waals surface area contributed by atoms with E-state index in [1.54, 1.807) is 4.90 Å². The van der Waals surface area contributed by atoms with Crippen LogP contribution in [-0.2, 0) is 17.5 Å². The van der Waals surface area contributed by atoms with Crippen molar-refractivity contribution < 1.29 is 22.7 Å². The van der Waals surface area contributed by atoms with Crippen molar-refractivity contribution in [1.82, 2.24) is 9.80 Å². The van der Waals surface area contributed by atoms with Gasteiger partial charge in [0.05, 0.1) is 5.56 Å². The molecular weight excluding hydrogens is 493 g/mol. The van der Waals surface area contributed by atoms with E-state index in [1.165, 1.54) is 36.2 Å². The summed E-state index contributed by atoms with van der Waals surface area (Å²) in [6.45, 7) is 6.61. The smallest absolute Gasteiger partial charge is 0.416 e. The predicted octanol–water partition coefficient (Wildman–Crippen LogP) is 5.62. The summed E-state index contributed by atoms with van der Waals surface area (Å²) in [7, 11) is 0. The van der Waals surface area contributed by atoms with E-state index < -0.39 is 11.7 Å². The van der Waals surface area contributed by atoms with Crippen LogP contribution in [-0.4, -0.2) is 74.4 Å². The van der Waals surface area contributed by atoms with Crippen LogP contribution >= 0.6 is 0 Å². The maximum atomic E-state index is 12.8. The highest BCUT2D eigenvalue weighted by Gasteiger charge is 2.31. The Morgan fingerprint density at radius 3 is 1.97 bits per heavy atom. The number of benzene rings is 2. The minimum absolute atomic E-state index is 0.208. The molecule has 0 radical (unpaired) electrons. The largest absolute Gasteiger partial charge is 0.448 e. The number of piperazine rings is 1. The van der Waals surface area contributed by atoms with Gasteiger partial charge in [-0.2, -0.15) is 13.2 Å². The van der Waals surface area contributed by atoms with Gasteiger partial charge in [-0.05, 0) is 74.2 Å². The summed E-state index contributed by atoms with van der Waals surface area (Å²) in [5, 5.41) is 0. The minimum Gasteiger partial charge on any atom is -0.448 e. The second-order valence-corrected chi connectivity index (χ2v) is 10.6. The third-order valence-corrected chi connectivity index (χ3v) is 8.04. The number of amides is 1. The highest BCUT2D eigenvalue weighted by atomic mass is 19.4. The molecule has 2 aromatic carbocycles. The zero-order chi connectivity index (χ0) is 26.5. The number of likely N-dealkylation sites (tertiary alicyclic amines) is 1. The molecule has 0 spiro atoms. The molecule has 3 saturated heterocycles. The van der Waals surface area contributed by atoms with Crippen molar-refractivity contribution in [3.05, 3.63) is 59.7 Å². The first-order chi connectivity index (χ1) is 18.4. The van der Waals surface area contributed by atoms with Gasteiger partial charge in [0, 0.05) is 63.2 Å². The van der Waals surface area contributed by atoms with E-state index in [-0.39, 0.29) is 12.1 Å². The van der Waals surface area contributed by atoms with Gasteiger partial charge in [0.1, 0.15) is 6.61 Å². The maximum Gasteiger partial charge on any atom is 0.416 e. The van der Waals surface area contributed by atoms with Crippen molar-refractivity contribution in [3.8, 4) is 0 Å². The van der Waals surface area contributed by atoms with Gasteiger partial charge in [0.15, 0.2) is 0 Å². The van der Waals surface area contributed by atoms with Crippen LogP contribution in [0.4, 0.5) is 29.3 Å². The maximum absolute atomic E-state index is 12.8. The molecule has 3 aliphatic heterocycles. The molecule has 0 aliphatic carbocycles. The number of halogens is 3. The summed E-state index contributed by atoms with van der Waals surface area (Å²) in [4.78, 5) is 21.4. The molecule has 206 valence electrons. The lowest BCUT2D eigenvalue weighted by atomic mass is 10.0. The van der Waals surface area contributed by atoms with Crippen molar-refractivity contribution in [1.29, 1.82) is 0 Å². The molecule has 0 N–H and O–H groups in total. The molecule has 3 fully saturated rings. The Hall–Kier alpha value is -2.94. The lowest BCUT2D eigenvalue weighted by Gasteiger charge is -2.37. The van der Waals surface area contributed by atoms with E-state index in [9.17, 15) is 18.0 Å². The predicted molar refractivity (Wildman–Crippen MR) is 143 cm³/mol. The third kappa shape index (κ3) is 6.54. The number of piperidine rings is 1. The quantitative estimate of drug-likeness (QED) is 0.485. The van der Waals surface area contributed by atoms with Crippen molar-refractivity contribution in [2.75, 3.05) is 62.2 Å². The number of rotatable bonds is 6. The summed E-state index contributed by atoms with van der Waals surface area (Å²) in [6, 6.07) is 14.3. The van der Waals surface area contributed by atoms with Crippen LogP contribution in [0.15, 0.2) is 48.5 Å². The first kappa shape index (κ1) is 26.7. The van der Waals surface area contributed by atoms with Gasteiger partial charge in [-0.3, -0.25) is 4.90 Å². The fraction of sp³-hybridized carbons (Fsp3) is 0.552. The molecule has 1 atom stereocenters. The van der Waals surface area contributed by atoms with Crippen LogP contribution in [0.2, 0.25) is 0 Å². The SMILES string of the molecule is O=C(OCC1CCCCN1Cc1ccc(N2CCCC2)cc1)N1CCN(c2ccc(C(F)(F)F)cc2)CC1. The van der Waals surface area contributed by atoms with Gasteiger partial charge in [-0.1, -0.05) is 18.6 Å². The van der Waals surface area contributed by atoms with Gasteiger partial charge in [-0.15, -0.1) is 0 Å². The fourth-order valence-electron chi connectivity index (χ4n) is 5.75. The van der Waals surface area contributed by atoms with E-state index in [1.807, 2.05) is 4.90 Å². The molecule has 38 heavy (non-hydrogen) atoms. The zero-order valence-electron chi connectivity index (χ0n) is 21.8. The molecule has 1 amide bonds. The van der Waals surface area contributed by atoms with E-state index in [2.05, 4.69) is 34.1 Å². The summed E-state index contributed by atoms with van der Waals surface area (Å²) >= 11 is 0. The van der Waals surface area contributed by atoms with E-state index in [0.717, 1.165) is 63.3 Å². The van der Waals surface area contributed by atoms with Crippen LogP contribution in [0, 0.1) is 0 Å². The van der Waals surface area contributed by atoms with Gasteiger partial charge < -0.3 is 19.4 Å². The summed E-state index contributed by atoms with van der Waals surface area (Å²) in [5.74, 6) is 0. The number of carbonyl (C=O) groups is 1. The summed E-state index contributed by atoms with van der Waals surface area (Å²) in [6.07, 6.45) is 1.20. The molecule has 5 rings (SSSR count). The number of hydrogen-bond donors (Lipinski definition) is 0. The normalized spacial score (nSPS) is 21.1. The summed E-state index contributed by atoms with van der Waals surface area (Å²) < 4.78 is 44.3. The highest BCUT2D eigenvalue weighted by Crippen LogP contribution is 2.31.